The Bertz CT molecular complexity index is 1160. The topological polar surface area (TPSA) is 18.9 Å². The summed E-state index contributed by atoms with van der Waals surface area (Å²) in [6, 6.07) is 23.4. The number of fused-ring (bicyclic) bond motifs is 4. The summed E-state index contributed by atoms with van der Waals surface area (Å²) in [5.74, 6) is 0. The molecule has 0 saturated heterocycles. The van der Waals surface area contributed by atoms with E-state index in [4.69, 9.17) is 0 Å². The molecule has 0 unspecified atom stereocenters. The fourth-order valence-corrected chi connectivity index (χ4v) is 4.33. The lowest BCUT2D eigenvalue weighted by Gasteiger charge is -2.19. The molecular weight excluding hydrogens is 330 g/mol. The van der Waals surface area contributed by atoms with E-state index in [1.54, 1.807) is 0 Å². The molecule has 2 aliphatic rings. The quantitative estimate of drug-likeness (QED) is 0.560. The summed E-state index contributed by atoms with van der Waals surface area (Å²) in [5.41, 5.74) is 8.47. The molecule has 0 N–H and O–H groups in total. The fraction of sp³-hybridized carbons (Fsp3) is 0.250. The van der Waals surface area contributed by atoms with Crippen molar-refractivity contribution in [1.29, 1.82) is 0 Å². The Hall–Kier alpha value is -3.03. The van der Waals surface area contributed by atoms with E-state index >= 15 is 0 Å². The zero-order chi connectivity index (χ0) is 18.8. The molecular formula is C24H23N3+2. The molecule has 1 aromatic heterocycles. The molecule has 0 saturated carbocycles. The van der Waals surface area contributed by atoms with Gasteiger partial charge in [0.05, 0.1) is 5.69 Å². The molecule has 132 valence electrons. The second kappa shape index (κ2) is 5.48. The lowest BCUT2D eigenvalue weighted by Crippen LogP contribution is -2.17. The summed E-state index contributed by atoms with van der Waals surface area (Å²) < 4.78 is 4.39. The van der Waals surface area contributed by atoms with Gasteiger partial charge in [0.15, 0.2) is 6.04 Å². The number of nitrogens with zero attached hydrogens (tertiary/aromatic N) is 3. The predicted molar refractivity (Wildman–Crippen MR) is 110 cm³/mol. The first-order chi connectivity index (χ1) is 13.0. The number of para-hydroxylation sites is 2. The Kier molecular flexibility index (Phi) is 3.28. The summed E-state index contributed by atoms with van der Waals surface area (Å²) in [4.78, 5) is 4.69. The highest BCUT2D eigenvalue weighted by Gasteiger charge is 2.40. The molecule has 0 spiro atoms. The van der Waals surface area contributed by atoms with Crippen LogP contribution in [0.3, 0.4) is 0 Å². The largest absolute Gasteiger partial charge is 0.496 e. The predicted octanol–water partition coefficient (Wildman–Crippen LogP) is 5.46. The maximum Gasteiger partial charge on any atom is 0.496 e. The molecule has 2 aromatic carbocycles. The third-order valence-corrected chi connectivity index (χ3v) is 5.73. The molecule has 2 heterocycles. The molecule has 0 fully saturated rings. The Labute approximate surface area is 160 Å². The van der Waals surface area contributed by atoms with E-state index in [0.717, 1.165) is 11.4 Å². The highest BCUT2D eigenvalue weighted by atomic mass is 15.2. The van der Waals surface area contributed by atoms with Crippen LogP contribution in [0.4, 0.5) is 17.1 Å². The van der Waals surface area contributed by atoms with E-state index in [1.807, 2.05) is 12.3 Å². The van der Waals surface area contributed by atoms with Crippen LogP contribution in [0.2, 0.25) is 0 Å². The Balaban J connectivity index is 1.72. The van der Waals surface area contributed by atoms with Crippen LogP contribution in [0.15, 0.2) is 60.8 Å². The fourth-order valence-electron chi connectivity index (χ4n) is 4.33. The molecule has 3 nitrogen and oxygen atoms in total. The van der Waals surface area contributed by atoms with Crippen molar-refractivity contribution in [2.45, 2.75) is 39.2 Å². The van der Waals surface area contributed by atoms with Gasteiger partial charge < -0.3 is 0 Å². The van der Waals surface area contributed by atoms with Gasteiger partial charge >= 0.3 is 6.01 Å². The average molecular weight is 353 g/mol. The smallest absolute Gasteiger partial charge is 0.260 e. The SMILES string of the molecule is CC(C)[N+]1=C=[N+](c2ccc3c(c2)C(C)(C)c2ncccc2-3)c2ccccc21. The van der Waals surface area contributed by atoms with Crippen molar-refractivity contribution in [2.75, 3.05) is 0 Å². The molecule has 1 aliphatic carbocycles. The molecule has 0 amide bonds. The first-order valence-electron chi connectivity index (χ1n) is 9.53. The van der Waals surface area contributed by atoms with Gasteiger partial charge in [-0.25, -0.2) is 0 Å². The van der Waals surface area contributed by atoms with Gasteiger partial charge in [-0.3, -0.25) is 4.98 Å². The van der Waals surface area contributed by atoms with E-state index < -0.39 is 0 Å². The summed E-state index contributed by atoms with van der Waals surface area (Å²) in [6.45, 7) is 8.92. The highest BCUT2D eigenvalue weighted by molar-refractivity contribution is 5.82. The second-order valence-electron chi connectivity index (χ2n) is 8.14. The Morgan fingerprint density at radius 2 is 1.70 bits per heavy atom. The molecule has 0 bridgehead atoms. The highest BCUT2D eigenvalue weighted by Crippen LogP contribution is 2.48. The molecule has 3 aromatic rings. The van der Waals surface area contributed by atoms with Gasteiger partial charge in [-0.05, 0) is 41.7 Å². The van der Waals surface area contributed by atoms with E-state index in [0.29, 0.717) is 6.04 Å². The van der Waals surface area contributed by atoms with Crippen molar-refractivity contribution in [3.8, 4) is 11.1 Å². The lowest BCUT2D eigenvalue weighted by molar-refractivity contribution is -0.466. The first-order valence-corrected chi connectivity index (χ1v) is 9.53. The van der Waals surface area contributed by atoms with Crippen molar-refractivity contribution in [2.24, 2.45) is 0 Å². The number of rotatable bonds is 2. The van der Waals surface area contributed by atoms with Gasteiger partial charge in [0.1, 0.15) is 0 Å². The minimum atomic E-state index is -0.0983. The minimum Gasteiger partial charge on any atom is -0.260 e. The molecule has 0 atom stereocenters. The van der Waals surface area contributed by atoms with Gasteiger partial charge in [-0.15, -0.1) is 0 Å². The van der Waals surface area contributed by atoms with Gasteiger partial charge in [0, 0.05) is 41.4 Å². The van der Waals surface area contributed by atoms with Crippen LogP contribution < -0.4 is 4.58 Å². The van der Waals surface area contributed by atoms with Gasteiger partial charge in [0.25, 0.3) is 11.4 Å². The molecule has 0 radical (unpaired) electrons. The summed E-state index contributed by atoms with van der Waals surface area (Å²) in [6.07, 6.45) is 1.90. The minimum absolute atomic E-state index is 0.0983. The average Bonchev–Trinajstić information content (AvgIpc) is 3.17. The first kappa shape index (κ1) is 16.2. The van der Waals surface area contributed by atoms with Crippen molar-refractivity contribution >= 4 is 23.1 Å². The number of pyridine rings is 1. The monoisotopic (exact) mass is 353 g/mol. The zero-order valence-corrected chi connectivity index (χ0v) is 16.2. The summed E-state index contributed by atoms with van der Waals surface area (Å²) in [7, 11) is 0. The standard InChI is InChI=1S/C24H23N3/c1-16(2)26-15-27(22-10-6-5-9-21(22)26)17-11-12-18-19-8-7-13-25-23(19)24(3,4)20(18)14-17/h5-14,16H,1-4H3/q+2. The third-order valence-electron chi connectivity index (χ3n) is 5.73. The van der Waals surface area contributed by atoms with Crippen LogP contribution in [-0.2, 0) is 5.41 Å². The van der Waals surface area contributed by atoms with Crippen LogP contribution in [0.5, 0.6) is 0 Å². The molecule has 27 heavy (non-hydrogen) atoms. The van der Waals surface area contributed by atoms with Crippen LogP contribution in [0, 0.1) is 0 Å². The maximum atomic E-state index is 4.69. The molecule has 5 rings (SSSR count). The Morgan fingerprint density at radius 3 is 2.48 bits per heavy atom. The number of hydrogen-bond acceptors (Lipinski definition) is 1. The normalized spacial score (nSPS) is 15.9. The van der Waals surface area contributed by atoms with Crippen LogP contribution in [0.1, 0.15) is 39.0 Å². The number of aromatic nitrogens is 1. The van der Waals surface area contributed by atoms with Gasteiger partial charge in [-0.2, -0.15) is 0 Å². The summed E-state index contributed by atoms with van der Waals surface area (Å²) >= 11 is 0. The maximum absolute atomic E-state index is 4.69. The van der Waals surface area contributed by atoms with E-state index in [1.165, 1.54) is 28.1 Å². The molecule has 3 heteroatoms. The van der Waals surface area contributed by atoms with Crippen LogP contribution in [0.25, 0.3) is 11.1 Å². The Morgan fingerprint density at radius 1 is 0.926 bits per heavy atom. The number of hydrogen-bond donors (Lipinski definition) is 0. The van der Waals surface area contributed by atoms with Crippen LogP contribution in [-0.4, -0.2) is 21.6 Å². The lowest BCUT2D eigenvalue weighted by atomic mass is 9.85. The van der Waals surface area contributed by atoms with Crippen LogP contribution >= 0.6 is 0 Å². The molecule has 1 aliphatic heterocycles. The summed E-state index contributed by atoms with van der Waals surface area (Å²) in [5, 5.41) is 0. The van der Waals surface area contributed by atoms with Crippen molar-refractivity contribution in [3.05, 3.63) is 72.1 Å². The van der Waals surface area contributed by atoms with Crippen molar-refractivity contribution < 1.29 is 4.58 Å². The second-order valence-corrected chi connectivity index (χ2v) is 8.14. The number of benzene rings is 2. The van der Waals surface area contributed by atoms with Gasteiger partial charge in [-0.1, -0.05) is 36.6 Å². The zero-order valence-electron chi connectivity index (χ0n) is 16.2. The van der Waals surface area contributed by atoms with E-state index in [-0.39, 0.29) is 5.41 Å². The van der Waals surface area contributed by atoms with E-state index in [9.17, 15) is 0 Å². The van der Waals surface area contributed by atoms with Crippen molar-refractivity contribution in [3.63, 3.8) is 0 Å². The van der Waals surface area contributed by atoms with Crippen molar-refractivity contribution in [1.82, 2.24) is 9.56 Å². The van der Waals surface area contributed by atoms with E-state index in [2.05, 4.69) is 96.4 Å². The third kappa shape index (κ3) is 2.19. The van der Waals surface area contributed by atoms with Gasteiger partial charge in [0.2, 0.25) is 5.69 Å².